The van der Waals surface area contributed by atoms with Crippen LogP contribution < -0.4 is 15.6 Å². The monoisotopic (exact) mass is 710 g/mol. The molecular formula is C29H24N7O9S3+. The molecule has 0 spiro atoms. The van der Waals surface area contributed by atoms with Crippen LogP contribution in [0.5, 0.6) is 11.5 Å². The van der Waals surface area contributed by atoms with Crippen LogP contribution in [0.25, 0.3) is 10.2 Å². The number of thiazole rings is 2. The molecule has 6 rings (SSSR count). The van der Waals surface area contributed by atoms with E-state index in [2.05, 4.69) is 20.4 Å². The number of carbonyl (C=O) groups is 4. The predicted octanol–water partition coefficient (Wildman–Crippen LogP) is 1.36. The van der Waals surface area contributed by atoms with Gasteiger partial charge in [-0.2, -0.15) is 4.57 Å². The van der Waals surface area contributed by atoms with Crippen molar-refractivity contribution in [3.8, 4) is 11.5 Å². The van der Waals surface area contributed by atoms with Crippen LogP contribution in [0.15, 0.2) is 75.5 Å². The summed E-state index contributed by atoms with van der Waals surface area (Å²) in [5, 5.41) is 47.3. The highest BCUT2D eigenvalue weighted by molar-refractivity contribution is 8.03. The zero-order chi connectivity index (χ0) is 34.2. The van der Waals surface area contributed by atoms with Crippen LogP contribution in [0, 0.1) is 0 Å². The van der Waals surface area contributed by atoms with Crippen LogP contribution in [0.1, 0.15) is 11.3 Å². The fourth-order valence-electron chi connectivity index (χ4n) is 5.15. The number of allylic oxidation sites excluding steroid dienone is 2. The third-order valence-electron chi connectivity index (χ3n) is 7.44. The minimum absolute atomic E-state index is 0.00296. The van der Waals surface area contributed by atoms with E-state index in [1.54, 1.807) is 17.7 Å². The summed E-state index contributed by atoms with van der Waals surface area (Å²) in [4.78, 5) is 65.9. The van der Waals surface area contributed by atoms with Crippen LogP contribution in [-0.4, -0.2) is 83.1 Å². The number of thioether (sulfide) groups is 1. The molecule has 2 amide bonds. The summed E-state index contributed by atoms with van der Waals surface area (Å²) in [5.74, 6) is -5.38. The number of rotatable bonds is 11. The quantitative estimate of drug-likeness (QED) is 0.0424. The molecule has 4 aromatic rings. The highest BCUT2D eigenvalue weighted by atomic mass is 32.2. The van der Waals surface area contributed by atoms with Crippen molar-refractivity contribution in [2.45, 2.75) is 24.2 Å². The number of nitrogens with one attached hydrogen (secondary N) is 1. The molecule has 3 unspecified atom stereocenters. The third kappa shape index (κ3) is 5.89. The van der Waals surface area contributed by atoms with Gasteiger partial charge in [-0.15, -0.1) is 34.4 Å². The number of oxime groups is 1. The van der Waals surface area contributed by atoms with E-state index < -0.39 is 52.9 Å². The molecule has 3 atom stereocenters. The standard InChI is InChI=1S/C29H23N7O9S3/c30-28-33-21(12-47-28)29(27(43)44,14-3-4-17(37)18(38)8-14)45-32-9-22(39)34-23-16-11-46-20(24(26(41)42)36(16)25(23)40)2-1-6-35-7-5-19-15(10-35)31-13-48-19/h1-5,7-10,12-13,16,23H,6,11H2,(H6-,30,32,33,34,37,38,39,41,42,43,44)/p+1. The summed E-state index contributed by atoms with van der Waals surface area (Å²) in [7, 11) is 0. The Morgan fingerprint density at radius 1 is 1.21 bits per heavy atom. The van der Waals surface area contributed by atoms with Gasteiger partial charge >= 0.3 is 17.5 Å². The van der Waals surface area contributed by atoms with E-state index in [1.165, 1.54) is 28.5 Å². The number of nitrogens with zero attached hydrogens (tertiary/aromatic N) is 5. The lowest BCUT2D eigenvalue weighted by molar-refractivity contribution is -0.685. The molecule has 5 heterocycles. The van der Waals surface area contributed by atoms with E-state index in [1.807, 2.05) is 23.0 Å². The van der Waals surface area contributed by atoms with Crippen molar-refractivity contribution < 1.29 is 49.0 Å². The number of hydrogen-bond acceptors (Lipinski definition) is 14. The highest BCUT2D eigenvalue weighted by Gasteiger charge is 2.54. The van der Waals surface area contributed by atoms with Crippen LogP contribution >= 0.6 is 34.4 Å². The predicted molar refractivity (Wildman–Crippen MR) is 173 cm³/mol. The van der Waals surface area contributed by atoms with Gasteiger partial charge in [0.25, 0.3) is 11.8 Å². The van der Waals surface area contributed by atoms with Crippen LogP contribution in [0.2, 0.25) is 0 Å². The number of phenolic OH excluding ortho intramolecular Hbond substituents is 2. The maximum absolute atomic E-state index is 13.1. The molecule has 0 saturated carbocycles. The number of carboxylic acids is 2. The van der Waals surface area contributed by atoms with Gasteiger partial charge in [0, 0.05) is 27.7 Å². The van der Waals surface area contributed by atoms with Gasteiger partial charge < -0.3 is 36.3 Å². The van der Waals surface area contributed by atoms with Gasteiger partial charge in [0.05, 0.1) is 16.3 Å². The first-order valence-corrected chi connectivity index (χ1v) is 16.6. The van der Waals surface area contributed by atoms with Crippen molar-refractivity contribution in [3.05, 3.63) is 81.6 Å². The zero-order valence-corrected chi connectivity index (χ0v) is 26.7. The normalized spacial score (nSPS) is 18.9. The van der Waals surface area contributed by atoms with Gasteiger partial charge in [0.2, 0.25) is 0 Å². The molecule has 48 heavy (non-hydrogen) atoms. The second kappa shape index (κ2) is 12.9. The number of pyridine rings is 1. The van der Waals surface area contributed by atoms with Gasteiger partial charge in [-0.25, -0.2) is 19.6 Å². The van der Waals surface area contributed by atoms with Crippen molar-refractivity contribution in [2.75, 3.05) is 11.5 Å². The van der Waals surface area contributed by atoms with Gasteiger partial charge in [-0.05, 0) is 30.4 Å². The number of aliphatic carboxylic acids is 2. The number of amides is 2. The summed E-state index contributed by atoms with van der Waals surface area (Å²) in [6.45, 7) is 0.439. The topological polar surface area (TPSA) is 242 Å². The van der Waals surface area contributed by atoms with Crippen molar-refractivity contribution in [1.82, 2.24) is 20.2 Å². The van der Waals surface area contributed by atoms with Crippen LogP contribution in [0.3, 0.4) is 0 Å². The summed E-state index contributed by atoms with van der Waals surface area (Å²) >= 11 is 3.66. The molecule has 1 saturated heterocycles. The summed E-state index contributed by atoms with van der Waals surface area (Å²) in [5.41, 5.74) is 5.19. The van der Waals surface area contributed by atoms with Gasteiger partial charge in [-0.1, -0.05) is 5.16 Å². The lowest BCUT2D eigenvalue weighted by atomic mass is 9.90. The number of anilines is 1. The Bertz CT molecular complexity index is 2060. The Hall–Kier alpha value is -5.53. The number of hydrogen-bond donors (Lipinski definition) is 6. The molecule has 246 valence electrons. The van der Waals surface area contributed by atoms with Crippen molar-refractivity contribution in [2.24, 2.45) is 5.16 Å². The van der Waals surface area contributed by atoms with Gasteiger partial charge in [-0.3, -0.25) is 14.5 Å². The smallest absolute Gasteiger partial charge is 0.362 e. The molecule has 1 aromatic carbocycles. The molecule has 0 bridgehead atoms. The Morgan fingerprint density at radius 2 is 2.02 bits per heavy atom. The Morgan fingerprint density at radius 3 is 2.73 bits per heavy atom. The molecule has 16 nitrogen and oxygen atoms in total. The lowest BCUT2D eigenvalue weighted by Crippen LogP contribution is -2.72. The Kier molecular flexibility index (Phi) is 8.73. The Labute approximate surface area is 282 Å². The van der Waals surface area contributed by atoms with Crippen molar-refractivity contribution in [3.63, 3.8) is 0 Å². The molecule has 2 aliphatic heterocycles. The third-order valence-corrected chi connectivity index (χ3v) is 10.1. The van der Waals surface area contributed by atoms with Gasteiger partial charge in [0.1, 0.15) is 29.2 Å². The molecule has 0 aliphatic carbocycles. The van der Waals surface area contributed by atoms with Gasteiger partial charge in [0.15, 0.2) is 35.6 Å². The minimum atomic E-state index is -2.49. The molecule has 0 radical (unpaired) electrons. The van der Waals surface area contributed by atoms with E-state index in [-0.39, 0.29) is 27.8 Å². The SMILES string of the molecule is Nc1nc(C(ON=CC(=O)NC2C(=O)N3C(C(=O)O)=C(C=CC[n+]4ccc5scnc5c4)SCC23)(C(=O)O)c2ccc(O)c(O)c2)cs1. The molecule has 2 aliphatic rings. The van der Waals surface area contributed by atoms with E-state index >= 15 is 0 Å². The summed E-state index contributed by atoms with van der Waals surface area (Å²) < 4.78 is 2.93. The van der Waals surface area contributed by atoms with Crippen LogP contribution in [0.4, 0.5) is 5.13 Å². The number of benzene rings is 1. The number of carboxylic acid groups (broad SMARTS) is 2. The Balaban J connectivity index is 1.15. The minimum Gasteiger partial charge on any atom is -0.504 e. The average Bonchev–Trinajstić information content (AvgIpc) is 3.71. The second-order valence-electron chi connectivity index (χ2n) is 10.3. The van der Waals surface area contributed by atoms with E-state index in [4.69, 9.17) is 10.6 Å². The number of aromatic nitrogens is 3. The number of nitrogens with two attached hydrogens (primary N) is 1. The molecule has 1 fully saturated rings. The fraction of sp³-hybridized carbons (Fsp3) is 0.172. The molecule has 7 N–H and O–H groups in total. The van der Waals surface area contributed by atoms with Crippen molar-refractivity contribution >= 4 is 79.8 Å². The van der Waals surface area contributed by atoms with Crippen molar-refractivity contribution in [1.29, 1.82) is 0 Å². The first-order chi connectivity index (χ1) is 23.0. The first kappa shape index (κ1) is 32.4. The summed E-state index contributed by atoms with van der Waals surface area (Å²) in [6, 6.07) is 3.34. The number of carbonyl (C=O) groups excluding carboxylic acids is 2. The second-order valence-corrected chi connectivity index (χ2v) is 13.2. The highest BCUT2D eigenvalue weighted by Crippen LogP contribution is 2.41. The number of β-lactam (4-membered cyclic amide) rings is 1. The van der Waals surface area contributed by atoms with E-state index in [0.717, 1.165) is 44.7 Å². The van der Waals surface area contributed by atoms with Crippen LogP contribution in [-0.2, 0) is 36.2 Å². The largest absolute Gasteiger partial charge is 0.504 e. The average molecular weight is 711 g/mol. The van der Waals surface area contributed by atoms with E-state index in [9.17, 15) is 39.6 Å². The maximum atomic E-state index is 13.1. The molecular weight excluding hydrogens is 687 g/mol. The number of nitrogen functional groups attached to an aromatic ring is 1. The van der Waals surface area contributed by atoms with E-state index in [0.29, 0.717) is 17.7 Å². The lowest BCUT2D eigenvalue weighted by Gasteiger charge is -2.49. The summed E-state index contributed by atoms with van der Waals surface area (Å²) in [6.07, 6.45) is 7.80. The zero-order valence-electron chi connectivity index (χ0n) is 24.3. The fourth-order valence-corrected chi connectivity index (χ4v) is 7.60. The number of fused-ring (bicyclic) bond motifs is 2. The molecule has 19 heteroatoms. The number of aromatic hydroxyl groups is 2. The number of phenols is 2. The molecule has 3 aromatic heterocycles. The maximum Gasteiger partial charge on any atom is 0.362 e. The first-order valence-electron chi connectivity index (χ1n) is 13.8.